The molecule has 88 valence electrons. The molecule has 0 aliphatic carbocycles. The number of hydrogen-bond acceptors (Lipinski definition) is 5. The van der Waals surface area contributed by atoms with E-state index in [1.165, 1.54) is 0 Å². The van der Waals surface area contributed by atoms with Gasteiger partial charge < -0.3 is 4.98 Å². The van der Waals surface area contributed by atoms with Gasteiger partial charge in [0.2, 0.25) is 0 Å². The average Bonchev–Trinajstić information content (AvgIpc) is 2.98. The highest BCUT2D eigenvalue weighted by Gasteiger charge is 2.05. The summed E-state index contributed by atoms with van der Waals surface area (Å²) in [6.45, 7) is 1.93. The van der Waals surface area contributed by atoms with Gasteiger partial charge in [-0.1, -0.05) is 0 Å². The predicted molar refractivity (Wildman–Crippen MR) is 73.8 cm³/mol. The summed E-state index contributed by atoms with van der Waals surface area (Å²) >= 11 is 5.58. The second-order valence-corrected chi connectivity index (χ2v) is 4.63. The zero-order valence-electron chi connectivity index (χ0n) is 9.29. The summed E-state index contributed by atoms with van der Waals surface area (Å²) in [6.07, 6.45) is 5.91. The van der Waals surface area contributed by atoms with Crippen LogP contribution in [0.3, 0.4) is 0 Å². The molecule has 0 amide bonds. The molecule has 0 saturated heterocycles. The molecule has 0 aliphatic heterocycles. The third-order valence-electron chi connectivity index (χ3n) is 2.15. The number of imidazole rings is 1. The lowest BCUT2D eigenvalue weighted by Crippen LogP contribution is -1.95. The van der Waals surface area contributed by atoms with E-state index >= 15 is 0 Å². The predicted octanol–water partition coefficient (Wildman–Crippen LogP) is 2.67. The number of rotatable bonds is 4. The van der Waals surface area contributed by atoms with Gasteiger partial charge in [-0.05, 0) is 12.3 Å². The number of aromatic amines is 1. The van der Waals surface area contributed by atoms with Crippen LogP contribution in [0.15, 0.2) is 34.5 Å². The third kappa shape index (κ3) is 3.28. The highest BCUT2D eigenvalue weighted by molar-refractivity contribution is 7.83. The van der Waals surface area contributed by atoms with E-state index in [0.29, 0.717) is 0 Å². The normalized spacial score (nSPS) is 12.5. The number of aromatic nitrogens is 3. The Morgan fingerprint density at radius 1 is 1.65 bits per heavy atom. The van der Waals surface area contributed by atoms with Crippen LogP contribution in [-0.4, -0.2) is 20.7 Å². The third-order valence-corrected chi connectivity index (χ3v) is 3.14. The molecule has 2 aromatic heterocycles. The van der Waals surface area contributed by atoms with Crippen LogP contribution in [0.5, 0.6) is 0 Å². The van der Waals surface area contributed by atoms with Crippen LogP contribution in [-0.2, 0) is 6.42 Å². The van der Waals surface area contributed by atoms with Crippen molar-refractivity contribution in [3.63, 3.8) is 0 Å². The van der Waals surface area contributed by atoms with E-state index in [0.717, 1.165) is 28.5 Å². The van der Waals surface area contributed by atoms with Crippen molar-refractivity contribution >= 4 is 29.7 Å². The molecule has 1 N–H and O–H groups in total. The van der Waals surface area contributed by atoms with Crippen LogP contribution in [0.1, 0.15) is 23.3 Å². The minimum atomic E-state index is 0.778. The van der Waals surface area contributed by atoms with Gasteiger partial charge in [-0.15, -0.1) is 24.0 Å². The molecule has 0 unspecified atom stereocenters. The first-order valence-electron chi connectivity index (χ1n) is 5.05. The Labute approximate surface area is 109 Å². The fourth-order valence-electron chi connectivity index (χ4n) is 1.31. The topological polar surface area (TPSA) is 53.9 Å². The van der Waals surface area contributed by atoms with Crippen LogP contribution in [0.25, 0.3) is 0 Å². The van der Waals surface area contributed by atoms with E-state index in [1.807, 2.05) is 18.5 Å². The lowest BCUT2D eigenvalue weighted by Gasteiger charge is -1.93. The summed E-state index contributed by atoms with van der Waals surface area (Å²) in [5.74, 6) is 0. The maximum absolute atomic E-state index is 4.52. The number of hydrogen-bond donors (Lipinski definition) is 2. The minimum absolute atomic E-state index is 0.778. The number of thiazole rings is 1. The van der Waals surface area contributed by atoms with Crippen molar-refractivity contribution in [1.82, 2.24) is 15.0 Å². The maximum atomic E-state index is 4.52. The Morgan fingerprint density at radius 3 is 3.24 bits per heavy atom. The van der Waals surface area contributed by atoms with Crippen molar-refractivity contribution in [2.24, 2.45) is 4.99 Å². The Morgan fingerprint density at radius 2 is 2.53 bits per heavy atom. The van der Waals surface area contributed by atoms with Crippen LogP contribution >= 0.6 is 24.0 Å². The first-order valence-corrected chi connectivity index (χ1v) is 6.45. The van der Waals surface area contributed by atoms with Crippen molar-refractivity contribution in [3.05, 3.63) is 45.9 Å². The number of thiol groups is 1. The van der Waals surface area contributed by atoms with Crippen LogP contribution in [0, 0.1) is 0 Å². The molecule has 4 nitrogen and oxygen atoms in total. The SMILES string of the molecule is CC(=N/C=C\S)c1csc(Cc2cnc[nH]2)n1. The number of H-pyrrole nitrogens is 1. The molecular weight excluding hydrogens is 252 g/mol. The molecule has 0 fully saturated rings. The van der Waals surface area contributed by atoms with E-state index in [9.17, 15) is 0 Å². The summed E-state index contributed by atoms with van der Waals surface area (Å²) in [7, 11) is 0. The molecule has 0 bridgehead atoms. The van der Waals surface area contributed by atoms with Crippen LogP contribution < -0.4 is 0 Å². The molecule has 17 heavy (non-hydrogen) atoms. The summed E-state index contributed by atoms with van der Waals surface area (Å²) in [5.41, 5.74) is 2.87. The Balaban J connectivity index is 2.10. The number of nitrogens with zero attached hydrogens (tertiary/aromatic N) is 3. The van der Waals surface area contributed by atoms with Gasteiger partial charge in [0.25, 0.3) is 0 Å². The number of nitrogens with one attached hydrogen (secondary N) is 1. The van der Waals surface area contributed by atoms with E-state index in [-0.39, 0.29) is 0 Å². The van der Waals surface area contributed by atoms with Crippen molar-refractivity contribution in [2.45, 2.75) is 13.3 Å². The molecule has 0 aliphatic rings. The fraction of sp³-hybridized carbons (Fsp3) is 0.182. The second kappa shape index (κ2) is 5.79. The summed E-state index contributed by atoms with van der Waals surface area (Å²) in [5, 5.41) is 4.66. The first kappa shape index (κ1) is 12.1. The Hall–Kier alpha value is -1.40. The van der Waals surface area contributed by atoms with Gasteiger partial charge in [-0.3, -0.25) is 4.99 Å². The molecule has 2 rings (SSSR count). The largest absolute Gasteiger partial charge is 0.348 e. The highest BCUT2D eigenvalue weighted by Crippen LogP contribution is 2.14. The molecule has 0 spiro atoms. The van der Waals surface area contributed by atoms with Gasteiger partial charge in [-0.25, -0.2) is 9.97 Å². The molecular formula is C11H12N4S2. The van der Waals surface area contributed by atoms with Crippen molar-refractivity contribution < 1.29 is 0 Å². The van der Waals surface area contributed by atoms with Gasteiger partial charge in [0.1, 0.15) is 0 Å². The Kier molecular flexibility index (Phi) is 4.11. The minimum Gasteiger partial charge on any atom is -0.348 e. The zero-order valence-corrected chi connectivity index (χ0v) is 11.0. The molecule has 6 heteroatoms. The van der Waals surface area contributed by atoms with Crippen molar-refractivity contribution in [2.75, 3.05) is 0 Å². The van der Waals surface area contributed by atoms with E-state index < -0.39 is 0 Å². The second-order valence-electron chi connectivity index (χ2n) is 3.39. The van der Waals surface area contributed by atoms with Gasteiger partial charge in [0.05, 0.1) is 22.7 Å². The van der Waals surface area contributed by atoms with E-state index in [1.54, 1.807) is 29.3 Å². The summed E-state index contributed by atoms with van der Waals surface area (Å²) in [6, 6.07) is 0. The van der Waals surface area contributed by atoms with Crippen LogP contribution in [0.2, 0.25) is 0 Å². The first-order chi connectivity index (χ1) is 8.29. The maximum Gasteiger partial charge on any atom is 0.0992 e. The molecule has 2 heterocycles. The lowest BCUT2D eigenvalue weighted by molar-refractivity contribution is 1.07. The van der Waals surface area contributed by atoms with E-state index in [2.05, 4.69) is 32.6 Å². The molecule has 0 aromatic carbocycles. The molecule has 2 aromatic rings. The summed E-state index contributed by atoms with van der Waals surface area (Å²) < 4.78 is 0. The average molecular weight is 264 g/mol. The van der Waals surface area contributed by atoms with Crippen molar-refractivity contribution in [3.8, 4) is 0 Å². The van der Waals surface area contributed by atoms with Crippen LogP contribution in [0.4, 0.5) is 0 Å². The van der Waals surface area contributed by atoms with Gasteiger partial charge >= 0.3 is 0 Å². The standard InChI is InChI=1S/C11H12N4S2/c1-8(13-2-3-16)10-6-17-11(15-10)4-9-5-12-7-14-9/h2-3,5-7,16H,4H2,1H3,(H,12,14)/b3-2-,13-8?. The molecule has 0 saturated carbocycles. The fourth-order valence-corrected chi connectivity index (χ4v) is 2.24. The number of aliphatic imine (C=N–C) groups is 1. The van der Waals surface area contributed by atoms with Gasteiger partial charge in [0.15, 0.2) is 0 Å². The van der Waals surface area contributed by atoms with E-state index in [4.69, 9.17) is 0 Å². The Bertz CT molecular complexity index is 525. The zero-order chi connectivity index (χ0) is 12.1. The quantitative estimate of drug-likeness (QED) is 0.659. The highest BCUT2D eigenvalue weighted by atomic mass is 32.1. The molecule has 0 radical (unpaired) electrons. The monoisotopic (exact) mass is 264 g/mol. The smallest absolute Gasteiger partial charge is 0.0992 e. The van der Waals surface area contributed by atoms with Gasteiger partial charge in [-0.2, -0.15) is 0 Å². The summed E-state index contributed by atoms with van der Waals surface area (Å²) in [4.78, 5) is 15.8. The lowest BCUT2D eigenvalue weighted by atomic mass is 10.3. The van der Waals surface area contributed by atoms with Crippen molar-refractivity contribution in [1.29, 1.82) is 0 Å². The molecule has 0 atom stereocenters. The van der Waals surface area contributed by atoms with Gasteiger partial charge in [0, 0.05) is 29.9 Å².